The number of carbonyl (C=O) groups is 1. The Morgan fingerprint density at radius 2 is 1.76 bits per heavy atom. The van der Waals surface area contributed by atoms with Crippen LogP contribution < -0.4 is 5.73 Å². The van der Waals surface area contributed by atoms with E-state index >= 15 is 0 Å². The van der Waals surface area contributed by atoms with Crippen LogP contribution in [0.2, 0.25) is 0 Å². The summed E-state index contributed by atoms with van der Waals surface area (Å²) in [5.74, 6) is -0.918. The van der Waals surface area contributed by atoms with Crippen molar-refractivity contribution in [3.63, 3.8) is 0 Å². The van der Waals surface area contributed by atoms with Gasteiger partial charge in [0.05, 0.1) is 0 Å². The number of benzene rings is 1. The van der Waals surface area contributed by atoms with E-state index in [4.69, 9.17) is 10.8 Å². The molecule has 17 heavy (non-hydrogen) atoms. The zero-order valence-electron chi connectivity index (χ0n) is 10.9. The predicted molar refractivity (Wildman–Crippen MR) is 71.8 cm³/mol. The highest BCUT2D eigenvalue weighted by Gasteiger charge is 1.95. The molecule has 3 heteroatoms. The molecule has 3 N–H and O–H groups in total. The SMILES string of the molecule is CC(C)(C)N.Cc1ccccc1C=CC(=O)O. The van der Waals surface area contributed by atoms with Crippen molar-refractivity contribution in [2.45, 2.75) is 33.2 Å². The van der Waals surface area contributed by atoms with Gasteiger partial charge in [-0.25, -0.2) is 4.79 Å². The van der Waals surface area contributed by atoms with Gasteiger partial charge in [-0.2, -0.15) is 0 Å². The lowest BCUT2D eigenvalue weighted by molar-refractivity contribution is -0.131. The maximum Gasteiger partial charge on any atom is 0.328 e. The number of hydrogen-bond acceptors (Lipinski definition) is 2. The molecule has 0 saturated carbocycles. The Balaban J connectivity index is 0.000000437. The summed E-state index contributed by atoms with van der Waals surface area (Å²) in [6.45, 7) is 7.84. The molecule has 0 unspecified atom stereocenters. The van der Waals surface area contributed by atoms with Gasteiger partial charge >= 0.3 is 5.97 Å². The normalized spacial score (nSPS) is 10.9. The molecule has 0 fully saturated rings. The lowest BCUT2D eigenvalue weighted by atomic mass is 10.1. The largest absolute Gasteiger partial charge is 0.478 e. The van der Waals surface area contributed by atoms with Crippen LogP contribution in [0, 0.1) is 6.92 Å². The molecule has 0 atom stereocenters. The minimum absolute atomic E-state index is 0. The van der Waals surface area contributed by atoms with Crippen LogP contribution in [0.3, 0.4) is 0 Å². The van der Waals surface area contributed by atoms with Crippen LogP contribution in [0.4, 0.5) is 0 Å². The molecule has 94 valence electrons. The summed E-state index contributed by atoms with van der Waals surface area (Å²) in [4.78, 5) is 10.2. The fourth-order valence-electron chi connectivity index (χ4n) is 0.935. The maximum absolute atomic E-state index is 10.2. The van der Waals surface area contributed by atoms with E-state index in [9.17, 15) is 4.79 Å². The molecule has 0 bridgehead atoms. The standard InChI is InChI=1S/C10H10O2.C4H11N/c1-8-4-2-3-5-9(8)6-7-10(11)12;1-4(2,3)5/h2-7H,1H3,(H,11,12);5H2,1-3H3. The van der Waals surface area contributed by atoms with Gasteiger partial charge in [0.1, 0.15) is 0 Å². The van der Waals surface area contributed by atoms with Crippen molar-refractivity contribution in [2.75, 3.05) is 0 Å². The number of rotatable bonds is 2. The second kappa shape index (κ2) is 6.86. The van der Waals surface area contributed by atoms with E-state index in [-0.39, 0.29) is 5.54 Å². The first kappa shape index (κ1) is 15.4. The minimum atomic E-state index is -0.918. The third-order valence-corrected chi connectivity index (χ3v) is 1.59. The number of aliphatic carboxylic acids is 1. The Hall–Kier alpha value is -1.61. The molecule has 1 aromatic rings. The highest BCUT2D eigenvalue weighted by atomic mass is 16.4. The first-order valence-electron chi connectivity index (χ1n) is 5.45. The second-order valence-corrected chi connectivity index (χ2v) is 4.89. The summed E-state index contributed by atoms with van der Waals surface area (Å²) in [7, 11) is 0. The highest BCUT2D eigenvalue weighted by molar-refractivity contribution is 5.85. The minimum Gasteiger partial charge on any atom is -0.478 e. The Morgan fingerprint density at radius 3 is 2.18 bits per heavy atom. The van der Waals surface area contributed by atoms with Gasteiger partial charge in [-0.1, -0.05) is 24.3 Å². The van der Waals surface area contributed by atoms with Gasteiger partial charge in [-0.15, -0.1) is 0 Å². The topological polar surface area (TPSA) is 63.3 Å². The van der Waals surface area contributed by atoms with Crippen LogP contribution in [0.5, 0.6) is 0 Å². The van der Waals surface area contributed by atoms with Gasteiger partial charge in [0.15, 0.2) is 0 Å². The van der Waals surface area contributed by atoms with Crippen molar-refractivity contribution in [2.24, 2.45) is 5.73 Å². The van der Waals surface area contributed by atoms with Crippen molar-refractivity contribution in [1.82, 2.24) is 0 Å². The van der Waals surface area contributed by atoms with Crippen molar-refractivity contribution in [3.05, 3.63) is 41.5 Å². The number of nitrogens with two attached hydrogens (primary N) is 1. The quantitative estimate of drug-likeness (QED) is 0.775. The van der Waals surface area contributed by atoms with Gasteiger partial charge in [0.25, 0.3) is 0 Å². The lowest BCUT2D eigenvalue weighted by Gasteiger charge is -2.06. The summed E-state index contributed by atoms with van der Waals surface area (Å²) in [6.07, 6.45) is 2.74. The Labute approximate surface area is 103 Å². The molecule has 3 nitrogen and oxygen atoms in total. The monoisotopic (exact) mass is 235 g/mol. The van der Waals surface area contributed by atoms with Crippen LogP contribution >= 0.6 is 0 Å². The van der Waals surface area contributed by atoms with Crippen LogP contribution in [0.15, 0.2) is 30.3 Å². The van der Waals surface area contributed by atoms with Crippen LogP contribution in [0.1, 0.15) is 31.9 Å². The van der Waals surface area contributed by atoms with E-state index in [0.717, 1.165) is 17.2 Å². The van der Waals surface area contributed by atoms with Crippen molar-refractivity contribution < 1.29 is 9.90 Å². The Morgan fingerprint density at radius 1 is 1.29 bits per heavy atom. The van der Waals surface area contributed by atoms with Crippen LogP contribution in [0.25, 0.3) is 6.08 Å². The third-order valence-electron chi connectivity index (χ3n) is 1.59. The fraction of sp³-hybridized carbons (Fsp3) is 0.357. The molecule has 1 rings (SSSR count). The summed E-state index contributed by atoms with van der Waals surface area (Å²) >= 11 is 0. The Kier molecular flexibility index (Phi) is 6.21. The summed E-state index contributed by atoms with van der Waals surface area (Å²) < 4.78 is 0. The molecular weight excluding hydrogens is 214 g/mol. The predicted octanol–water partition coefficient (Wildman–Crippen LogP) is 2.84. The van der Waals surface area contributed by atoms with Crippen LogP contribution in [-0.4, -0.2) is 16.6 Å². The Bertz CT molecular complexity index is 383. The summed E-state index contributed by atoms with van der Waals surface area (Å²) in [6, 6.07) is 7.64. The molecule has 0 amide bonds. The van der Waals surface area contributed by atoms with Gasteiger partial charge in [0, 0.05) is 11.6 Å². The van der Waals surface area contributed by atoms with E-state index in [1.54, 1.807) is 6.08 Å². The van der Waals surface area contributed by atoms with Crippen LogP contribution in [-0.2, 0) is 4.79 Å². The molecular formula is C14H21NO2. The zero-order valence-corrected chi connectivity index (χ0v) is 10.9. The van der Waals surface area contributed by atoms with Crippen molar-refractivity contribution in [3.8, 4) is 0 Å². The van der Waals surface area contributed by atoms with E-state index in [2.05, 4.69) is 0 Å². The molecule has 0 saturated heterocycles. The number of hydrogen-bond donors (Lipinski definition) is 2. The fourth-order valence-corrected chi connectivity index (χ4v) is 0.935. The molecule has 0 aliphatic rings. The van der Waals surface area contributed by atoms with E-state index in [1.807, 2.05) is 52.0 Å². The molecule has 0 spiro atoms. The second-order valence-electron chi connectivity index (χ2n) is 4.89. The third kappa shape index (κ3) is 10.7. The average molecular weight is 235 g/mol. The molecule has 0 aliphatic carbocycles. The van der Waals surface area contributed by atoms with Gasteiger partial charge in [0.2, 0.25) is 0 Å². The van der Waals surface area contributed by atoms with Crippen molar-refractivity contribution in [1.29, 1.82) is 0 Å². The summed E-state index contributed by atoms with van der Waals surface area (Å²) in [5.41, 5.74) is 7.38. The first-order valence-corrected chi connectivity index (χ1v) is 5.45. The van der Waals surface area contributed by atoms with Gasteiger partial charge in [-0.3, -0.25) is 0 Å². The average Bonchev–Trinajstić information content (AvgIpc) is 2.13. The summed E-state index contributed by atoms with van der Waals surface area (Å²) in [5, 5.41) is 8.38. The number of carboxylic acids is 1. The van der Waals surface area contributed by atoms with E-state index in [1.165, 1.54) is 0 Å². The van der Waals surface area contributed by atoms with Crippen molar-refractivity contribution >= 4 is 12.0 Å². The molecule has 0 radical (unpaired) electrons. The first-order chi connectivity index (χ1) is 7.70. The van der Waals surface area contributed by atoms with E-state index in [0.29, 0.717) is 0 Å². The smallest absolute Gasteiger partial charge is 0.328 e. The van der Waals surface area contributed by atoms with E-state index < -0.39 is 5.97 Å². The van der Waals surface area contributed by atoms with Gasteiger partial charge < -0.3 is 10.8 Å². The zero-order chi connectivity index (χ0) is 13.5. The molecule has 0 aliphatic heterocycles. The molecule has 0 aromatic heterocycles. The number of carboxylic acid groups (broad SMARTS) is 1. The van der Waals surface area contributed by atoms with Gasteiger partial charge in [-0.05, 0) is 44.9 Å². The number of aryl methyl sites for hydroxylation is 1. The lowest BCUT2D eigenvalue weighted by Crippen LogP contribution is -2.26. The highest BCUT2D eigenvalue weighted by Crippen LogP contribution is 2.08. The maximum atomic E-state index is 10.2. The molecule has 1 aromatic carbocycles. The molecule has 0 heterocycles.